The summed E-state index contributed by atoms with van der Waals surface area (Å²) in [6.45, 7) is 3.72. The molecule has 0 radical (unpaired) electrons. The van der Waals surface area contributed by atoms with Crippen molar-refractivity contribution in [1.29, 1.82) is 0 Å². The third-order valence-electron chi connectivity index (χ3n) is 5.87. The maximum atomic E-state index is 13.0. The summed E-state index contributed by atoms with van der Waals surface area (Å²) in [5.41, 5.74) is -0.759. The Labute approximate surface area is 183 Å². The molecule has 0 spiro atoms. The fraction of sp³-hybridized carbons (Fsp3) is 0.476. The summed E-state index contributed by atoms with van der Waals surface area (Å²) in [6.07, 6.45) is -0.376. The Morgan fingerprint density at radius 1 is 0.871 bits per heavy atom. The highest BCUT2D eigenvalue weighted by molar-refractivity contribution is 6.30. The summed E-state index contributed by atoms with van der Waals surface area (Å²) in [4.78, 5) is 27.2. The van der Waals surface area contributed by atoms with Crippen LogP contribution in [0.2, 0.25) is 5.02 Å². The first-order valence-electron chi connectivity index (χ1n) is 10.2. The number of piperidine rings is 1. The molecule has 2 aliphatic rings. The van der Waals surface area contributed by atoms with Crippen molar-refractivity contribution in [3.63, 3.8) is 0 Å². The van der Waals surface area contributed by atoms with Gasteiger partial charge in [0.25, 0.3) is 0 Å². The van der Waals surface area contributed by atoms with Crippen LogP contribution < -0.4 is 9.80 Å². The number of pyridine rings is 2. The predicted octanol–water partition coefficient (Wildman–Crippen LogP) is 3.71. The summed E-state index contributed by atoms with van der Waals surface area (Å²) in [6, 6.07) is 6.13. The standard InChI is InChI=1S/C21H23ClF3N5O/c22-17-2-4-19(27-14-17)28-7-5-15(6-8-28)20(31)30-11-9-29(10-12-30)18-3-1-16(13-26-18)21(23,24)25/h1-4,13-15H,5-12H2. The fourth-order valence-electron chi connectivity index (χ4n) is 4.07. The van der Waals surface area contributed by atoms with E-state index in [4.69, 9.17) is 11.6 Å². The number of aromatic nitrogens is 2. The lowest BCUT2D eigenvalue weighted by Gasteiger charge is -2.39. The number of carbonyl (C=O) groups is 1. The van der Waals surface area contributed by atoms with E-state index in [9.17, 15) is 18.0 Å². The van der Waals surface area contributed by atoms with E-state index in [1.54, 1.807) is 6.20 Å². The Morgan fingerprint density at radius 2 is 1.45 bits per heavy atom. The fourth-order valence-corrected chi connectivity index (χ4v) is 4.18. The molecule has 2 fully saturated rings. The number of rotatable bonds is 3. The molecule has 0 unspecified atom stereocenters. The number of anilines is 2. The van der Waals surface area contributed by atoms with Gasteiger partial charge in [0.05, 0.1) is 10.6 Å². The van der Waals surface area contributed by atoms with Crippen LogP contribution in [-0.2, 0) is 11.0 Å². The first-order chi connectivity index (χ1) is 14.8. The van der Waals surface area contributed by atoms with Gasteiger partial charge in [-0.2, -0.15) is 13.2 Å². The van der Waals surface area contributed by atoms with Crippen LogP contribution in [0.4, 0.5) is 24.8 Å². The number of hydrogen-bond acceptors (Lipinski definition) is 5. The Kier molecular flexibility index (Phi) is 6.22. The molecule has 0 saturated carbocycles. The van der Waals surface area contributed by atoms with E-state index >= 15 is 0 Å². The van der Waals surface area contributed by atoms with Crippen LogP contribution >= 0.6 is 11.6 Å². The van der Waals surface area contributed by atoms with Crippen LogP contribution in [0.3, 0.4) is 0 Å². The maximum absolute atomic E-state index is 13.0. The van der Waals surface area contributed by atoms with Crippen LogP contribution in [0.15, 0.2) is 36.7 Å². The highest BCUT2D eigenvalue weighted by Crippen LogP contribution is 2.30. The average molecular weight is 454 g/mol. The van der Waals surface area contributed by atoms with Crippen LogP contribution in [0.25, 0.3) is 0 Å². The molecule has 2 aromatic rings. The minimum atomic E-state index is -4.39. The monoisotopic (exact) mass is 453 g/mol. The van der Waals surface area contributed by atoms with E-state index in [1.165, 1.54) is 6.07 Å². The largest absolute Gasteiger partial charge is 0.417 e. The second kappa shape index (κ2) is 8.90. The molecule has 166 valence electrons. The Bertz CT molecular complexity index is 891. The minimum Gasteiger partial charge on any atom is -0.357 e. The maximum Gasteiger partial charge on any atom is 0.417 e. The number of carbonyl (C=O) groups excluding carboxylic acids is 1. The summed E-state index contributed by atoms with van der Waals surface area (Å²) in [7, 11) is 0. The van der Waals surface area contributed by atoms with Gasteiger partial charge < -0.3 is 14.7 Å². The molecule has 1 amide bonds. The van der Waals surface area contributed by atoms with Crippen LogP contribution in [0.1, 0.15) is 18.4 Å². The molecule has 31 heavy (non-hydrogen) atoms. The molecule has 0 aliphatic carbocycles. The van der Waals surface area contributed by atoms with Crippen molar-refractivity contribution in [3.05, 3.63) is 47.2 Å². The van der Waals surface area contributed by atoms with E-state index in [-0.39, 0.29) is 11.8 Å². The molecule has 2 aromatic heterocycles. The summed E-state index contributed by atoms with van der Waals surface area (Å²) in [5.74, 6) is 1.51. The zero-order valence-corrected chi connectivity index (χ0v) is 17.6. The van der Waals surface area contributed by atoms with Crippen molar-refractivity contribution in [2.24, 2.45) is 5.92 Å². The van der Waals surface area contributed by atoms with E-state index in [1.807, 2.05) is 21.9 Å². The van der Waals surface area contributed by atoms with Gasteiger partial charge in [-0.15, -0.1) is 0 Å². The first kappa shape index (κ1) is 21.7. The lowest BCUT2D eigenvalue weighted by atomic mass is 9.95. The number of amides is 1. The smallest absolute Gasteiger partial charge is 0.357 e. The molecule has 4 rings (SSSR count). The second-order valence-electron chi connectivity index (χ2n) is 7.81. The van der Waals surface area contributed by atoms with Crippen LogP contribution in [0, 0.1) is 5.92 Å². The molecule has 0 aromatic carbocycles. The topological polar surface area (TPSA) is 52.6 Å². The highest BCUT2D eigenvalue weighted by Gasteiger charge is 2.32. The first-order valence-corrected chi connectivity index (χ1v) is 10.6. The lowest BCUT2D eigenvalue weighted by molar-refractivity contribution is -0.138. The number of nitrogens with zero attached hydrogens (tertiary/aromatic N) is 5. The molecule has 0 atom stereocenters. The van der Waals surface area contributed by atoms with Gasteiger partial charge in [0.2, 0.25) is 5.91 Å². The minimum absolute atomic E-state index is 0.0145. The highest BCUT2D eigenvalue weighted by atomic mass is 35.5. The zero-order chi connectivity index (χ0) is 22.0. The van der Waals surface area contributed by atoms with E-state index in [2.05, 4.69) is 14.9 Å². The average Bonchev–Trinajstić information content (AvgIpc) is 2.79. The normalized spacial score (nSPS) is 18.4. The molecular weight excluding hydrogens is 431 g/mol. The van der Waals surface area contributed by atoms with Crippen molar-refractivity contribution in [1.82, 2.24) is 14.9 Å². The predicted molar refractivity (Wildman–Crippen MR) is 112 cm³/mol. The van der Waals surface area contributed by atoms with Gasteiger partial charge in [-0.1, -0.05) is 11.6 Å². The second-order valence-corrected chi connectivity index (χ2v) is 8.25. The van der Waals surface area contributed by atoms with Crippen LogP contribution in [0.5, 0.6) is 0 Å². The van der Waals surface area contributed by atoms with E-state index in [0.29, 0.717) is 37.0 Å². The number of piperazine rings is 1. The van der Waals surface area contributed by atoms with Gasteiger partial charge in [0.1, 0.15) is 11.6 Å². The third kappa shape index (κ3) is 5.03. The van der Waals surface area contributed by atoms with Crippen molar-refractivity contribution in [2.75, 3.05) is 49.1 Å². The third-order valence-corrected chi connectivity index (χ3v) is 6.09. The summed E-state index contributed by atoms with van der Waals surface area (Å²) < 4.78 is 38.1. The molecule has 4 heterocycles. The van der Waals surface area contributed by atoms with Gasteiger partial charge in [-0.25, -0.2) is 9.97 Å². The molecule has 2 aliphatic heterocycles. The number of hydrogen-bond donors (Lipinski definition) is 0. The Hall–Kier alpha value is -2.55. The molecular formula is C21H23ClF3N5O. The quantitative estimate of drug-likeness (QED) is 0.709. The Balaban J connectivity index is 1.27. The lowest BCUT2D eigenvalue weighted by Crippen LogP contribution is -2.52. The zero-order valence-electron chi connectivity index (χ0n) is 16.9. The number of halogens is 4. The molecule has 6 nitrogen and oxygen atoms in total. The van der Waals surface area contributed by atoms with Crippen molar-refractivity contribution < 1.29 is 18.0 Å². The molecule has 10 heteroatoms. The van der Waals surface area contributed by atoms with Crippen molar-refractivity contribution in [3.8, 4) is 0 Å². The van der Waals surface area contributed by atoms with Gasteiger partial charge in [-0.05, 0) is 37.1 Å². The Morgan fingerprint density at radius 3 is 1.97 bits per heavy atom. The van der Waals surface area contributed by atoms with Crippen molar-refractivity contribution >= 4 is 29.1 Å². The summed E-state index contributed by atoms with van der Waals surface area (Å²) in [5, 5.41) is 0.597. The number of alkyl halides is 3. The van der Waals surface area contributed by atoms with E-state index < -0.39 is 11.7 Å². The van der Waals surface area contributed by atoms with Crippen LogP contribution in [-0.4, -0.2) is 60.0 Å². The molecule has 0 bridgehead atoms. The SMILES string of the molecule is O=C(C1CCN(c2ccc(Cl)cn2)CC1)N1CCN(c2ccc(C(F)(F)F)cn2)CC1. The summed E-state index contributed by atoms with van der Waals surface area (Å²) >= 11 is 5.89. The van der Waals surface area contributed by atoms with E-state index in [0.717, 1.165) is 44.0 Å². The molecule has 2 saturated heterocycles. The molecule has 0 N–H and O–H groups in total. The van der Waals surface area contributed by atoms with Crippen molar-refractivity contribution in [2.45, 2.75) is 19.0 Å². The van der Waals surface area contributed by atoms with Gasteiger partial charge >= 0.3 is 6.18 Å². The van der Waals surface area contributed by atoms with Gasteiger partial charge in [0, 0.05) is 57.6 Å². The van der Waals surface area contributed by atoms with Gasteiger partial charge in [0.15, 0.2) is 0 Å². The van der Waals surface area contributed by atoms with Gasteiger partial charge in [-0.3, -0.25) is 4.79 Å².